The number of pyridine rings is 2. The van der Waals surface area contributed by atoms with Crippen molar-refractivity contribution in [3.63, 3.8) is 0 Å². The van der Waals surface area contributed by atoms with Crippen LogP contribution in [0.1, 0.15) is 46.4 Å². The molecule has 208 valence electrons. The molecule has 0 aromatic carbocycles. The van der Waals surface area contributed by atoms with Crippen molar-refractivity contribution < 1.29 is 19.1 Å². The van der Waals surface area contributed by atoms with Gasteiger partial charge in [0.2, 0.25) is 5.91 Å². The maximum absolute atomic E-state index is 13.3. The van der Waals surface area contributed by atoms with Gasteiger partial charge in [-0.3, -0.25) is 24.7 Å². The van der Waals surface area contributed by atoms with Gasteiger partial charge >= 0.3 is 6.03 Å². The van der Waals surface area contributed by atoms with Gasteiger partial charge in [0.05, 0.1) is 18.8 Å². The molecule has 2 saturated heterocycles. The number of carbonyl (C=O) groups is 3. The van der Waals surface area contributed by atoms with Crippen LogP contribution in [0.2, 0.25) is 0 Å². The Bertz CT molecular complexity index is 1380. The highest BCUT2D eigenvalue weighted by Crippen LogP contribution is 2.31. The van der Waals surface area contributed by atoms with Gasteiger partial charge in [-0.15, -0.1) is 0 Å². The van der Waals surface area contributed by atoms with E-state index in [1.165, 1.54) is 11.1 Å². The van der Waals surface area contributed by atoms with Crippen molar-refractivity contribution in [3.05, 3.63) is 40.7 Å². The number of nitrogens with one attached hydrogen (secondary N) is 1. The lowest BCUT2D eigenvalue weighted by molar-refractivity contribution is -0.139. The van der Waals surface area contributed by atoms with E-state index < -0.39 is 6.03 Å². The molecule has 40 heavy (non-hydrogen) atoms. The van der Waals surface area contributed by atoms with Crippen molar-refractivity contribution >= 4 is 29.9 Å². The number of aryl methyl sites for hydroxylation is 1. The molecule has 4 aliphatic rings. The molecular weight excluding hydrogens is 512 g/mol. The standard InChI is InChI=1S/C28H32N8O4/c1-33-14-21(15-33)34-7-8-35(26(38)16-34)13-19-9-18-3-2-6-36(27(18)31-23(19)17-37)28(39)32-25-10-24(40-22-4-5-22)20(11-29)12-30-25/h9-10,12,17,21-22H,2-8,13-16H2,1H3,(H,30,32,39). The van der Waals surface area contributed by atoms with Crippen LogP contribution < -0.4 is 15.0 Å². The van der Waals surface area contributed by atoms with E-state index in [9.17, 15) is 19.6 Å². The number of aromatic nitrogens is 2. The summed E-state index contributed by atoms with van der Waals surface area (Å²) < 4.78 is 5.80. The quantitative estimate of drug-likeness (QED) is 0.516. The average molecular weight is 545 g/mol. The Hall–Kier alpha value is -4.08. The van der Waals surface area contributed by atoms with Gasteiger partial charge in [0, 0.05) is 56.9 Å². The first kappa shape index (κ1) is 26.2. The highest BCUT2D eigenvalue weighted by Gasteiger charge is 2.35. The first-order valence-corrected chi connectivity index (χ1v) is 13.8. The highest BCUT2D eigenvalue weighted by atomic mass is 16.5. The van der Waals surface area contributed by atoms with Crippen LogP contribution in [0.5, 0.6) is 5.75 Å². The predicted molar refractivity (Wildman–Crippen MR) is 145 cm³/mol. The zero-order valence-corrected chi connectivity index (χ0v) is 22.5. The summed E-state index contributed by atoms with van der Waals surface area (Å²) in [4.78, 5) is 54.9. The number of amides is 3. The number of carbonyl (C=O) groups excluding carboxylic acids is 3. The number of fused-ring (bicyclic) bond motifs is 1. The number of likely N-dealkylation sites (N-methyl/N-ethyl adjacent to an activating group) is 1. The van der Waals surface area contributed by atoms with E-state index in [0.717, 1.165) is 44.5 Å². The lowest BCUT2D eigenvalue weighted by atomic mass is 10.0. The van der Waals surface area contributed by atoms with Crippen LogP contribution in [0, 0.1) is 11.3 Å². The van der Waals surface area contributed by atoms with E-state index >= 15 is 0 Å². The topological polar surface area (TPSA) is 135 Å². The molecule has 1 aliphatic carbocycles. The van der Waals surface area contributed by atoms with E-state index in [-0.39, 0.29) is 23.5 Å². The van der Waals surface area contributed by atoms with Gasteiger partial charge in [-0.1, -0.05) is 0 Å². The molecule has 0 spiro atoms. The van der Waals surface area contributed by atoms with Gasteiger partial charge in [-0.2, -0.15) is 5.26 Å². The summed E-state index contributed by atoms with van der Waals surface area (Å²) >= 11 is 0. The molecular formula is C28H32N8O4. The number of hydrogen-bond acceptors (Lipinski definition) is 9. The zero-order chi connectivity index (χ0) is 27.8. The van der Waals surface area contributed by atoms with Crippen molar-refractivity contribution in [2.24, 2.45) is 0 Å². The third-order valence-corrected chi connectivity index (χ3v) is 7.94. The predicted octanol–water partition coefficient (Wildman–Crippen LogP) is 1.64. The molecule has 5 heterocycles. The molecule has 3 aliphatic heterocycles. The molecule has 0 bridgehead atoms. The maximum Gasteiger partial charge on any atom is 0.328 e. The Kier molecular flexibility index (Phi) is 7.08. The minimum atomic E-state index is -0.430. The van der Waals surface area contributed by atoms with E-state index in [2.05, 4.69) is 38.2 Å². The van der Waals surface area contributed by atoms with E-state index in [1.54, 1.807) is 11.0 Å². The molecule has 0 unspecified atom stereocenters. The minimum absolute atomic E-state index is 0.0522. The molecule has 1 saturated carbocycles. The van der Waals surface area contributed by atoms with Crippen molar-refractivity contribution in [1.29, 1.82) is 5.26 Å². The fraction of sp³-hybridized carbons (Fsp3) is 0.500. The van der Waals surface area contributed by atoms with Gasteiger partial charge in [0.1, 0.15) is 34.7 Å². The monoisotopic (exact) mass is 544 g/mol. The van der Waals surface area contributed by atoms with Crippen LogP contribution in [0.4, 0.5) is 16.4 Å². The Labute approximate surface area is 232 Å². The Morgan fingerprint density at radius 1 is 1.25 bits per heavy atom. The van der Waals surface area contributed by atoms with Gasteiger partial charge in [0.15, 0.2) is 6.29 Å². The largest absolute Gasteiger partial charge is 0.489 e. The van der Waals surface area contributed by atoms with Crippen LogP contribution in [0.3, 0.4) is 0 Å². The second kappa shape index (κ2) is 10.8. The van der Waals surface area contributed by atoms with Gasteiger partial charge < -0.3 is 14.5 Å². The summed E-state index contributed by atoms with van der Waals surface area (Å²) in [5.41, 5.74) is 2.09. The van der Waals surface area contributed by atoms with Crippen molar-refractivity contribution in [2.75, 3.05) is 56.5 Å². The minimum Gasteiger partial charge on any atom is -0.489 e. The smallest absolute Gasteiger partial charge is 0.328 e. The number of hydrogen-bond donors (Lipinski definition) is 1. The number of rotatable bonds is 7. The van der Waals surface area contributed by atoms with Gasteiger partial charge in [0.25, 0.3) is 0 Å². The van der Waals surface area contributed by atoms with Crippen LogP contribution >= 0.6 is 0 Å². The first-order chi connectivity index (χ1) is 19.4. The van der Waals surface area contributed by atoms with E-state index in [0.29, 0.717) is 67.6 Å². The number of likely N-dealkylation sites (tertiary alicyclic amines) is 1. The molecule has 3 amide bonds. The summed E-state index contributed by atoms with van der Waals surface area (Å²) in [5.74, 6) is 1.15. The molecule has 0 radical (unpaired) electrons. The summed E-state index contributed by atoms with van der Waals surface area (Å²) in [7, 11) is 2.08. The fourth-order valence-electron chi connectivity index (χ4n) is 5.52. The summed E-state index contributed by atoms with van der Waals surface area (Å²) in [5, 5.41) is 12.1. The first-order valence-electron chi connectivity index (χ1n) is 13.8. The zero-order valence-electron chi connectivity index (χ0n) is 22.5. The summed E-state index contributed by atoms with van der Waals surface area (Å²) in [6.45, 7) is 4.52. The second-order valence-electron chi connectivity index (χ2n) is 11.0. The molecule has 2 aromatic heterocycles. The van der Waals surface area contributed by atoms with E-state index in [1.807, 2.05) is 6.07 Å². The van der Waals surface area contributed by atoms with Gasteiger partial charge in [-0.05, 0) is 44.4 Å². The number of anilines is 2. The van der Waals surface area contributed by atoms with Crippen LogP contribution in [0.25, 0.3) is 0 Å². The SMILES string of the molecule is CN1CC(N2CCN(Cc3cc4c(nc3C=O)N(C(=O)Nc3cc(OC5CC5)c(C#N)cn3)CCC4)C(=O)C2)C1. The lowest BCUT2D eigenvalue weighted by Crippen LogP contribution is -2.63. The summed E-state index contributed by atoms with van der Waals surface area (Å²) in [6, 6.07) is 5.54. The molecule has 1 N–H and O–H groups in total. The summed E-state index contributed by atoms with van der Waals surface area (Å²) in [6.07, 6.45) is 5.49. The third-order valence-electron chi connectivity index (χ3n) is 7.94. The van der Waals surface area contributed by atoms with Crippen LogP contribution in [-0.4, -0.2) is 101 Å². The highest BCUT2D eigenvalue weighted by molar-refractivity contribution is 6.01. The number of aldehydes is 1. The number of ether oxygens (including phenoxy) is 1. The molecule has 6 rings (SSSR count). The Balaban J connectivity index is 1.16. The van der Waals surface area contributed by atoms with Crippen molar-refractivity contribution in [1.82, 2.24) is 24.7 Å². The molecule has 2 aromatic rings. The number of urea groups is 1. The van der Waals surface area contributed by atoms with Crippen molar-refractivity contribution in [3.8, 4) is 11.8 Å². The normalized spacial score (nSPS) is 19.9. The third kappa shape index (κ3) is 5.35. The number of nitriles is 1. The van der Waals surface area contributed by atoms with E-state index in [4.69, 9.17) is 4.74 Å². The molecule has 0 atom stereocenters. The van der Waals surface area contributed by atoms with Gasteiger partial charge in [-0.25, -0.2) is 14.8 Å². The van der Waals surface area contributed by atoms with Crippen molar-refractivity contribution in [2.45, 2.75) is 44.4 Å². The lowest BCUT2D eigenvalue weighted by Gasteiger charge is -2.46. The number of piperazine rings is 1. The molecule has 3 fully saturated rings. The van der Waals surface area contributed by atoms with Crippen LogP contribution in [-0.2, 0) is 17.8 Å². The number of nitrogens with zero attached hydrogens (tertiary/aromatic N) is 7. The average Bonchev–Trinajstić information content (AvgIpc) is 3.76. The Morgan fingerprint density at radius 2 is 2.08 bits per heavy atom. The molecule has 12 nitrogen and oxygen atoms in total. The Morgan fingerprint density at radius 3 is 2.77 bits per heavy atom. The second-order valence-corrected chi connectivity index (χ2v) is 11.0. The molecule has 12 heteroatoms. The fourth-order valence-corrected chi connectivity index (χ4v) is 5.52. The van der Waals surface area contributed by atoms with Crippen LogP contribution in [0.15, 0.2) is 18.3 Å². The maximum atomic E-state index is 13.3.